The van der Waals surface area contributed by atoms with Crippen molar-refractivity contribution in [3.8, 4) is 0 Å². The lowest BCUT2D eigenvalue weighted by Crippen LogP contribution is -2.42. The average molecular weight is 582 g/mol. The Morgan fingerprint density at radius 2 is 0.976 bits per heavy atom. The van der Waals surface area contributed by atoms with Crippen LogP contribution in [-0.4, -0.2) is 35.6 Å². The Hall–Kier alpha value is -1.59. The minimum Gasteiger partial charge on any atom is -0.481 e. The molecule has 0 aromatic heterocycles. The van der Waals surface area contributed by atoms with Gasteiger partial charge in [-0.15, -0.1) is 0 Å². The molecule has 1 amide bonds. The van der Waals surface area contributed by atoms with Crippen LogP contribution in [0.25, 0.3) is 0 Å². The van der Waals surface area contributed by atoms with Gasteiger partial charge in [-0.25, -0.2) is 4.79 Å². The highest BCUT2D eigenvalue weighted by atomic mass is 16.5. The second-order valence-corrected chi connectivity index (χ2v) is 12.2. The predicted molar refractivity (Wildman–Crippen MR) is 171 cm³/mol. The van der Waals surface area contributed by atoms with Crippen LogP contribution < -0.4 is 5.32 Å². The Labute approximate surface area is 253 Å². The van der Waals surface area contributed by atoms with Crippen molar-refractivity contribution in [3.05, 3.63) is 0 Å². The zero-order chi connectivity index (χ0) is 30.4. The summed E-state index contributed by atoms with van der Waals surface area (Å²) in [5.74, 6) is -1.31. The van der Waals surface area contributed by atoms with Gasteiger partial charge in [0.1, 0.15) is 6.04 Å². The molecule has 0 saturated heterocycles. The SMILES string of the molecule is CCCCCCCCCCCC(=O)N[C@@H](CCC(=O)O)C(=O)OCC(CCCCCCC)CCCCCCCCC. The molecule has 6 heteroatoms. The summed E-state index contributed by atoms with van der Waals surface area (Å²) in [6, 6.07) is -0.888. The van der Waals surface area contributed by atoms with Crippen LogP contribution in [0.3, 0.4) is 0 Å². The highest BCUT2D eigenvalue weighted by molar-refractivity contribution is 5.84. The van der Waals surface area contributed by atoms with Gasteiger partial charge < -0.3 is 15.2 Å². The maximum absolute atomic E-state index is 13.0. The van der Waals surface area contributed by atoms with E-state index in [1.54, 1.807) is 0 Å². The summed E-state index contributed by atoms with van der Waals surface area (Å²) in [6.07, 6.45) is 27.9. The van der Waals surface area contributed by atoms with Gasteiger partial charge in [-0.05, 0) is 31.6 Å². The van der Waals surface area contributed by atoms with Gasteiger partial charge in [0.05, 0.1) is 6.61 Å². The molecule has 0 aliphatic rings. The molecule has 0 aliphatic heterocycles. The average Bonchev–Trinajstić information content (AvgIpc) is 2.95. The van der Waals surface area contributed by atoms with Crippen molar-refractivity contribution in [2.75, 3.05) is 6.61 Å². The molecule has 0 radical (unpaired) electrons. The lowest BCUT2D eigenvalue weighted by atomic mass is 9.94. The first kappa shape index (κ1) is 39.4. The van der Waals surface area contributed by atoms with Crippen molar-refractivity contribution >= 4 is 17.8 Å². The van der Waals surface area contributed by atoms with Crippen LogP contribution in [0.15, 0.2) is 0 Å². The Kier molecular flexibility index (Phi) is 28.7. The van der Waals surface area contributed by atoms with E-state index in [2.05, 4.69) is 26.1 Å². The summed E-state index contributed by atoms with van der Waals surface area (Å²) in [5, 5.41) is 12.0. The highest BCUT2D eigenvalue weighted by Crippen LogP contribution is 2.20. The van der Waals surface area contributed by atoms with Crippen molar-refractivity contribution in [3.63, 3.8) is 0 Å². The van der Waals surface area contributed by atoms with Crippen molar-refractivity contribution in [2.24, 2.45) is 5.92 Å². The van der Waals surface area contributed by atoms with Crippen molar-refractivity contribution in [2.45, 2.75) is 194 Å². The lowest BCUT2D eigenvalue weighted by molar-refractivity contribution is -0.150. The lowest BCUT2D eigenvalue weighted by Gasteiger charge is -2.21. The van der Waals surface area contributed by atoms with E-state index in [1.165, 1.54) is 103 Å². The van der Waals surface area contributed by atoms with Crippen LogP contribution in [0.4, 0.5) is 0 Å². The van der Waals surface area contributed by atoms with E-state index in [9.17, 15) is 19.5 Å². The molecule has 0 fully saturated rings. The van der Waals surface area contributed by atoms with Gasteiger partial charge in [0.2, 0.25) is 5.91 Å². The van der Waals surface area contributed by atoms with E-state index in [4.69, 9.17) is 4.74 Å². The Balaban J connectivity index is 4.63. The Morgan fingerprint density at radius 1 is 0.561 bits per heavy atom. The van der Waals surface area contributed by atoms with Crippen LogP contribution in [0, 0.1) is 5.92 Å². The van der Waals surface area contributed by atoms with E-state index >= 15 is 0 Å². The van der Waals surface area contributed by atoms with Crippen LogP contribution in [-0.2, 0) is 19.1 Å². The molecular weight excluding hydrogens is 514 g/mol. The Morgan fingerprint density at radius 3 is 1.41 bits per heavy atom. The second-order valence-electron chi connectivity index (χ2n) is 12.2. The number of hydrogen-bond acceptors (Lipinski definition) is 4. The number of carbonyl (C=O) groups is 3. The molecule has 0 bridgehead atoms. The Bertz CT molecular complexity index is 624. The van der Waals surface area contributed by atoms with Crippen LogP contribution in [0.2, 0.25) is 0 Å². The van der Waals surface area contributed by atoms with Gasteiger partial charge in [0.15, 0.2) is 0 Å². The maximum Gasteiger partial charge on any atom is 0.328 e. The molecule has 0 aliphatic carbocycles. The standard InChI is InChI=1S/C35H67NO5/c1-4-7-10-13-15-16-18-21-24-27-33(37)36-32(28-29-34(38)39)35(40)41-30-31(25-22-19-12-9-6-3)26-23-20-17-14-11-8-5-2/h31-32H,4-30H2,1-3H3,(H,36,37)(H,38,39)/t31?,32-/m0/s1. The minimum atomic E-state index is -0.972. The number of carboxylic acid groups (broad SMARTS) is 1. The summed E-state index contributed by atoms with van der Waals surface area (Å²) in [4.78, 5) is 36.8. The molecule has 41 heavy (non-hydrogen) atoms. The third-order valence-corrected chi connectivity index (χ3v) is 8.17. The van der Waals surface area contributed by atoms with Crippen molar-refractivity contribution < 1.29 is 24.2 Å². The van der Waals surface area contributed by atoms with E-state index < -0.39 is 18.0 Å². The van der Waals surface area contributed by atoms with E-state index in [-0.39, 0.29) is 18.7 Å². The van der Waals surface area contributed by atoms with Gasteiger partial charge in [0.25, 0.3) is 0 Å². The number of esters is 1. The molecule has 0 heterocycles. The molecule has 6 nitrogen and oxygen atoms in total. The zero-order valence-electron chi connectivity index (χ0n) is 27.3. The number of hydrogen-bond donors (Lipinski definition) is 2. The third kappa shape index (κ3) is 27.0. The monoisotopic (exact) mass is 582 g/mol. The molecule has 0 spiro atoms. The van der Waals surface area contributed by atoms with Gasteiger partial charge in [0, 0.05) is 12.8 Å². The first-order valence-electron chi connectivity index (χ1n) is 17.6. The predicted octanol–water partition coefficient (Wildman–Crippen LogP) is 9.92. The summed E-state index contributed by atoms with van der Waals surface area (Å²) in [7, 11) is 0. The zero-order valence-corrected chi connectivity index (χ0v) is 27.3. The normalized spacial score (nSPS) is 12.7. The molecule has 0 aromatic carbocycles. The first-order valence-corrected chi connectivity index (χ1v) is 17.6. The number of nitrogens with one attached hydrogen (secondary N) is 1. The largest absolute Gasteiger partial charge is 0.481 e. The van der Waals surface area contributed by atoms with Crippen molar-refractivity contribution in [1.82, 2.24) is 5.32 Å². The van der Waals surface area contributed by atoms with Crippen LogP contribution in [0.5, 0.6) is 0 Å². The summed E-state index contributed by atoms with van der Waals surface area (Å²) in [5.41, 5.74) is 0. The van der Waals surface area contributed by atoms with Gasteiger partial charge in [-0.1, -0.05) is 149 Å². The topological polar surface area (TPSA) is 92.7 Å². The minimum absolute atomic E-state index is 0.0666. The summed E-state index contributed by atoms with van der Waals surface area (Å²) in [6.45, 7) is 7.04. The van der Waals surface area contributed by atoms with E-state index in [0.29, 0.717) is 18.9 Å². The van der Waals surface area contributed by atoms with Crippen LogP contribution >= 0.6 is 0 Å². The molecular formula is C35H67NO5. The number of unbranched alkanes of at least 4 members (excludes halogenated alkanes) is 18. The number of ether oxygens (including phenoxy) is 1. The van der Waals surface area contributed by atoms with E-state index in [1.807, 2.05) is 0 Å². The fourth-order valence-electron chi connectivity index (χ4n) is 5.42. The van der Waals surface area contributed by atoms with Gasteiger partial charge in [-0.3, -0.25) is 9.59 Å². The fraction of sp³-hybridized carbons (Fsp3) is 0.914. The molecule has 242 valence electrons. The highest BCUT2D eigenvalue weighted by Gasteiger charge is 2.24. The number of carboxylic acids is 1. The second kappa shape index (κ2) is 29.9. The van der Waals surface area contributed by atoms with Crippen LogP contribution in [0.1, 0.15) is 188 Å². The van der Waals surface area contributed by atoms with E-state index in [0.717, 1.165) is 44.9 Å². The molecule has 0 aromatic rings. The molecule has 0 saturated carbocycles. The number of amides is 1. The molecule has 2 atom stereocenters. The molecule has 2 N–H and O–H groups in total. The number of rotatable bonds is 31. The molecule has 0 rings (SSSR count). The molecule has 1 unspecified atom stereocenters. The number of carbonyl (C=O) groups excluding carboxylic acids is 2. The third-order valence-electron chi connectivity index (χ3n) is 8.17. The summed E-state index contributed by atoms with van der Waals surface area (Å²) >= 11 is 0. The number of aliphatic carboxylic acids is 1. The fourth-order valence-corrected chi connectivity index (χ4v) is 5.42. The quantitative estimate of drug-likeness (QED) is 0.0628. The van der Waals surface area contributed by atoms with Gasteiger partial charge >= 0.3 is 11.9 Å². The first-order chi connectivity index (χ1) is 19.9. The maximum atomic E-state index is 13.0. The smallest absolute Gasteiger partial charge is 0.328 e. The van der Waals surface area contributed by atoms with Crippen molar-refractivity contribution in [1.29, 1.82) is 0 Å². The van der Waals surface area contributed by atoms with Gasteiger partial charge in [-0.2, -0.15) is 0 Å². The summed E-state index contributed by atoms with van der Waals surface area (Å²) < 4.78 is 5.74.